The predicted octanol–water partition coefficient (Wildman–Crippen LogP) is 5.48. The fraction of sp³-hybridized carbons (Fsp3) is 0. The minimum atomic E-state index is -0.491. The molecule has 0 saturated carbocycles. The second kappa shape index (κ2) is 7.48. The standard InChI is InChI=1S/C22H14ClNO3/c23-17-11-9-16(10-12-17)21-24-20(22(25)27-21)14-15-5-4-8-19(13-15)26-18-6-2-1-3-7-18/h1-14H. The van der Waals surface area contributed by atoms with E-state index in [0.29, 0.717) is 16.3 Å². The van der Waals surface area contributed by atoms with E-state index in [0.717, 1.165) is 11.3 Å². The van der Waals surface area contributed by atoms with E-state index in [4.69, 9.17) is 21.1 Å². The van der Waals surface area contributed by atoms with Gasteiger partial charge in [-0.05, 0) is 60.2 Å². The molecule has 5 heteroatoms. The van der Waals surface area contributed by atoms with Crippen LogP contribution in [0.1, 0.15) is 11.1 Å². The van der Waals surface area contributed by atoms with E-state index < -0.39 is 5.97 Å². The Bertz CT molecular complexity index is 1040. The Morgan fingerprint density at radius 1 is 0.889 bits per heavy atom. The largest absolute Gasteiger partial charge is 0.457 e. The van der Waals surface area contributed by atoms with Gasteiger partial charge in [0, 0.05) is 10.6 Å². The van der Waals surface area contributed by atoms with Crippen molar-refractivity contribution in [3.8, 4) is 11.5 Å². The lowest BCUT2D eigenvalue weighted by Gasteiger charge is -2.05. The van der Waals surface area contributed by atoms with E-state index in [9.17, 15) is 4.79 Å². The summed E-state index contributed by atoms with van der Waals surface area (Å²) in [5, 5.41) is 0.606. The predicted molar refractivity (Wildman–Crippen MR) is 105 cm³/mol. The third kappa shape index (κ3) is 4.07. The summed E-state index contributed by atoms with van der Waals surface area (Å²) in [6.07, 6.45) is 1.67. The van der Waals surface area contributed by atoms with Crippen molar-refractivity contribution in [2.75, 3.05) is 0 Å². The minimum absolute atomic E-state index is 0.233. The van der Waals surface area contributed by atoms with Crippen LogP contribution in [0.5, 0.6) is 11.5 Å². The molecule has 0 spiro atoms. The van der Waals surface area contributed by atoms with E-state index in [2.05, 4.69) is 4.99 Å². The van der Waals surface area contributed by atoms with Gasteiger partial charge in [-0.1, -0.05) is 41.9 Å². The van der Waals surface area contributed by atoms with Crippen molar-refractivity contribution in [2.24, 2.45) is 4.99 Å². The van der Waals surface area contributed by atoms with Crippen LogP contribution in [0.2, 0.25) is 5.02 Å². The van der Waals surface area contributed by atoms with Gasteiger partial charge in [0.25, 0.3) is 0 Å². The molecule has 4 nitrogen and oxygen atoms in total. The molecule has 0 fully saturated rings. The number of hydrogen-bond acceptors (Lipinski definition) is 4. The lowest BCUT2D eigenvalue weighted by atomic mass is 10.2. The highest BCUT2D eigenvalue weighted by molar-refractivity contribution is 6.30. The molecule has 0 N–H and O–H groups in total. The molecule has 132 valence electrons. The Labute approximate surface area is 161 Å². The molecule has 3 aromatic carbocycles. The van der Waals surface area contributed by atoms with Gasteiger partial charge in [0.1, 0.15) is 11.5 Å². The van der Waals surface area contributed by atoms with Gasteiger partial charge in [0.05, 0.1) is 0 Å². The molecule has 0 saturated heterocycles. The first-order valence-electron chi connectivity index (χ1n) is 8.29. The highest BCUT2D eigenvalue weighted by atomic mass is 35.5. The number of ether oxygens (including phenoxy) is 2. The van der Waals surface area contributed by atoms with Crippen LogP contribution in [0.15, 0.2) is 89.6 Å². The third-order valence-corrected chi connectivity index (χ3v) is 4.10. The van der Waals surface area contributed by atoms with Gasteiger partial charge in [0.15, 0.2) is 5.70 Å². The number of cyclic esters (lactones) is 1. The van der Waals surface area contributed by atoms with E-state index in [1.165, 1.54) is 0 Å². The summed E-state index contributed by atoms with van der Waals surface area (Å²) >= 11 is 5.88. The molecule has 1 aliphatic heterocycles. The minimum Gasteiger partial charge on any atom is -0.457 e. The van der Waals surface area contributed by atoms with Gasteiger partial charge >= 0.3 is 5.97 Å². The Morgan fingerprint density at radius 3 is 2.41 bits per heavy atom. The Hall–Kier alpha value is -3.37. The van der Waals surface area contributed by atoms with Crippen molar-refractivity contribution in [1.82, 2.24) is 0 Å². The van der Waals surface area contributed by atoms with Gasteiger partial charge in [0.2, 0.25) is 5.90 Å². The third-order valence-electron chi connectivity index (χ3n) is 3.85. The number of carbonyl (C=O) groups excluding carboxylic acids is 1. The van der Waals surface area contributed by atoms with E-state index in [1.54, 1.807) is 30.3 Å². The fourth-order valence-electron chi connectivity index (χ4n) is 2.58. The average molecular weight is 376 g/mol. The van der Waals surface area contributed by atoms with Crippen molar-refractivity contribution in [3.63, 3.8) is 0 Å². The number of carbonyl (C=O) groups is 1. The lowest BCUT2D eigenvalue weighted by Crippen LogP contribution is -2.05. The molecular formula is C22H14ClNO3. The van der Waals surface area contributed by atoms with Gasteiger partial charge in [-0.3, -0.25) is 0 Å². The zero-order valence-electron chi connectivity index (χ0n) is 14.1. The number of benzene rings is 3. The highest BCUT2D eigenvalue weighted by Crippen LogP contribution is 2.25. The zero-order valence-corrected chi connectivity index (χ0v) is 14.9. The first-order valence-corrected chi connectivity index (χ1v) is 8.67. The fourth-order valence-corrected chi connectivity index (χ4v) is 2.70. The summed E-state index contributed by atoms with van der Waals surface area (Å²) in [7, 11) is 0. The number of nitrogens with zero attached hydrogens (tertiary/aromatic N) is 1. The average Bonchev–Trinajstić information content (AvgIpc) is 3.04. The van der Waals surface area contributed by atoms with Crippen molar-refractivity contribution in [1.29, 1.82) is 0 Å². The van der Waals surface area contributed by atoms with Gasteiger partial charge in [-0.25, -0.2) is 9.79 Å². The molecule has 0 atom stereocenters. The molecule has 0 aromatic heterocycles. The van der Waals surface area contributed by atoms with E-state index >= 15 is 0 Å². The molecule has 0 radical (unpaired) electrons. The maximum absolute atomic E-state index is 12.1. The van der Waals surface area contributed by atoms with E-state index in [1.807, 2.05) is 54.6 Å². The molecule has 3 aromatic rings. The van der Waals surface area contributed by atoms with Crippen molar-refractivity contribution in [3.05, 3.63) is 101 Å². The summed E-state index contributed by atoms with van der Waals surface area (Å²) in [5.41, 5.74) is 1.71. The quantitative estimate of drug-likeness (QED) is 0.448. The molecule has 0 aliphatic carbocycles. The first-order chi connectivity index (χ1) is 13.2. The summed E-state index contributed by atoms with van der Waals surface area (Å²) in [6, 6.07) is 23.9. The van der Waals surface area contributed by atoms with Crippen molar-refractivity contribution >= 4 is 29.5 Å². The van der Waals surface area contributed by atoms with Crippen molar-refractivity contribution in [2.45, 2.75) is 0 Å². The Morgan fingerprint density at radius 2 is 1.63 bits per heavy atom. The van der Waals surface area contributed by atoms with Crippen LogP contribution in [0.3, 0.4) is 0 Å². The summed E-state index contributed by atoms with van der Waals surface area (Å²) in [4.78, 5) is 16.4. The smallest absolute Gasteiger partial charge is 0.363 e. The maximum Gasteiger partial charge on any atom is 0.363 e. The Kier molecular flexibility index (Phi) is 4.73. The molecule has 1 aliphatic rings. The highest BCUT2D eigenvalue weighted by Gasteiger charge is 2.24. The number of hydrogen-bond donors (Lipinski definition) is 0. The van der Waals surface area contributed by atoms with Crippen molar-refractivity contribution < 1.29 is 14.3 Å². The monoisotopic (exact) mass is 375 g/mol. The number of halogens is 1. The summed E-state index contributed by atoms with van der Waals surface area (Å²) < 4.78 is 11.1. The lowest BCUT2D eigenvalue weighted by molar-refractivity contribution is -0.129. The van der Waals surface area contributed by atoms with Crippen LogP contribution >= 0.6 is 11.6 Å². The number of esters is 1. The number of para-hydroxylation sites is 1. The van der Waals surface area contributed by atoms with Gasteiger partial charge < -0.3 is 9.47 Å². The van der Waals surface area contributed by atoms with Crippen LogP contribution in [-0.4, -0.2) is 11.9 Å². The van der Waals surface area contributed by atoms with Crippen LogP contribution in [0, 0.1) is 0 Å². The number of rotatable bonds is 4. The van der Waals surface area contributed by atoms with Crippen LogP contribution in [0.4, 0.5) is 0 Å². The molecule has 1 heterocycles. The Balaban J connectivity index is 1.58. The van der Waals surface area contributed by atoms with Crippen LogP contribution < -0.4 is 4.74 Å². The first kappa shape index (κ1) is 17.1. The SMILES string of the molecule is O=C1OC(c2ccc(Cl)cc2)=NC1=Cc1cccc(Oc2ccccc2)c1. The van der Waals surface area contributed by atoms with E-state index in [-0.39, 0.29) is 11.6 Å². The summed E-state index contributed by atoms with van der Waals surface area (Å²) in [5.74, 6) is 1.18. The molecule has 27 heavy (non-hydrogen) atoms. The number of aliphatic imine (C=N–C) groups is 1. The zero-order chi connectivity index (χ0) is 18.6. The molecule has 4 rings (SSSR count). The molecule has 0 bridgehead atoms. The topological polar surface area (TPSA) is 47.9 Å². The second-order valence-electron chi connectivity index (χ2n) is 5.83. The molecular weight excluding hydrogens is 362 g/mol. The van der Waals surface area contributed by atoms with Gasteiger partial charge in [-0.2, -0.15) is 0 Å². The second-order valence-corrected chi connectivity index (χ2v) is 6.27. The molecule has 0 unspecified atom stereocenters. The van der Waals surface area contributed by atoms with Gasteiger partial charge in [-0.15, -0.1) is 0 Å². The van der Waals surface area contributed by atoms with Crippen LogP contribution in [0.25, 0.3) is 6.08 Å². The molecule has 0 amide bonds. The summed E-state index contributed by atoms with van der Waals surface area (Å²) in [6.45, 7) is 0. The normalized spacial score (nSPS) is 14.8. The maximum atomic E-state index is 12.1. The van der Waals surface area contributed by atoms with Crippen LogP contribution in [-0.2, 0) is 9.53 Å².